The van der Waals surface area contributed by atoms with Gasteiger partial charge in [-0.3, -0.25) is 4.79 Å². The van der Waals surface area contributed by atoms with Gasteiger partial charge in [-0.2, -0.15) is 6.42 Å². The van der Waals surface area contributed by atoms with E-state index in [-0.39, 0.29) is 44.0 Å². The van der Waals surface area contributed by atoms with Crippen molar-refractivity contribution in [3.8, 4) is 0 Å². The average Bonchev–Trinajstić information content (AvgIpc) is 2.35. The molecule has 3 heteroatoms. The zero-order valence-corrected chi connectivity index (χ0v) is 10.0. The van der Waals surface area contributed by atoms with E-state index in [1.807, 2.05) is 6.92 Å². The Hall–Kier alpha value is 0.734. The first-order valence-corrected chi connectivity index (χ1v) is 3.79. The molecule has 1 aliphatic rings. The standard InChI is InChI=1S/C8H14NO.Y/c1-3-8(7(2)10)5-4-6-9-8;/h4,9H,3,5-6H2,1-2H3;/q-1;. The zero-order chi connectivity index (χ0) is 7.61. The molecule has 61 valence electrons. The second-order valence-corrected chi connectivity index (χ2v) is 2.87. The van der Waals surface area contributed by atoms with Gasteiger partial charge in [-0.1, -0.05) is 6.92 Å². The second-order valence-electron chi connectivity index (χ2n) is 2.87. The second kappa shape index (κ2) is 4.68. The van der Waals surface area contributed by atoms with Gasteiger partial charge in [-0.05, 0) is 13.3 Å². The molecule has 1 heterocycles. The minimum absolute atomic E-state index is 0. The molecule has 0 aromatic carbocycles. The summed E-state index contributed by atoms with van der Waals surface area (Å²) in [6, 6.07) is 0. The molecular formula is C8H14NOY-. The summed E-state index contributed by atoms with van der Waals surface area (Å²) in [5.74, 6) is 0.267. The van der Waals surface area contributed by atoms with Gasteiger partial charge in [0, 0.05) is 38.2 Å². The van der Waals surface area contributed by atoms with Crippen LogP contribution in [0.1, 0.15) is 26.7 Å². The van der Waals surface area contributed by atoms with Crippen LogP contribution < -0.4 is 5.32 Å². The Bertz CT molecular complexity index is 141. The normalized spacial score (nSPS) is 29.6. The van der Waals surface area contributed by atoms with Gasteiger partial charge in [-0.25, -0.2) is 0 Å². The van der Waals surface area contributed by atoms with Gasteiger partial charge >= 0.3 is 0 Å². The molecule has 1 fully saturated rings. The van der Waals surface area contributed by atoms with E-state index in [0.29, 0.717) is 0 Å². The molecule has 1 N–H and O–H groups in total. The smallest absolute Gasteiger partial charge is 0.147 e. The zero-order valence-electron chi connectivity index (χ0n) is 7.18. The fourth-order valence-electron chi connectivity index (χ4n) is 1.44. The van der Waals surface area contributed by atoms with Crippen molar-refractivity contribution in [2.45, 2.75) is 32.2 Å². The molecule has 1 radical (unpaired) electrons. The maximum Gasteiger partial charge on any atom is 0.147 e. The van der Waals surface area contributed by atoms with E-state index in [1.165, 1.54) is 0 Å². The number of rotatable bonds is 2. The van der Waals surface area contributed by atoms with Crippen LogP contribution in [-0.2, 0) is 37.5 Å². The molecule has 1 aliphatic heterocycles. The molecule has 1 unspecified atom stereocenters. The maximum atomic E-state index is 11.1. The van der Waals surface area contributed by atoms with Crippen molar-refractivity contribution >= 4 is 5.78 Å². The quantitative estimate of drug-likeness (QED) is 0.713. The summed E-state index contributed by atoms with van der Waals surface area (Å²) in [5.41, 5.74) is -0.208. The van der Waals surface area contributed by atoms with Crippen molar-refractivity contribution in [1.82, 2.24) is 5.32 Å². The molecular weight excluding hydrogens is 215 g/mol. The van der Waals surface area contributed by atoms with Crippen LogP contribution in [0.3, 0.4) is 0 Å². The minimum atomic E-state index is -0.208. The molecule has 11 heavy (non-hydrogen) atoms. The predicted octanol–water partition coefficient (Wildman–Crippen LogP) is 0.919. The Morgan fingerprint density at radius 2 is 2.36 bits per heavy atom. The summed E-state index contributed by atoms with van der Waals surface area (Å²) in [6.07, 6.45) is 3.93. The molecule has 1 rings (SSSR count). The first-order valence-electron chi connectivity index (χ1n) is 3.79. The van der Waals surface area contributed by atoms with Gasteiger partial charge in [0.05, 0.1) is 0 Å². The summed E-state index contributed by atoms with van der Waals surface area (Å²) in [4.78, 5) is 11.1. The van der Waals surface area contributed by atoms with Crippen molar-refractivity contribution in [3.63, 3.8) is 0 Å². The molecule has 0 saturated carbocycles. The molecule has 0 aliphatic carbocycles. The predicted molar refractivity (Wildman–Crippen MR) is 40.6 cm³/mol. The molecule has 0 aromatic heterocycles. The van der Waals surface area contributed by atoms with Gasteiger partial charge in [0.2, 0.25) is 0 Å². The summed E-state index contributed by atoms with van der Waals surface area (Å²) >= 11 is 0. The fourth-order valence-corrected chi connectivity index (χ4v) is 1.44. The van der Waals surface area contributed by atoms with E-state index in [4.69, 9.17) is 0 Å². The van der Waals surface area contributed by atoms with E-state index < -0.39 is 0 Å². The van der Waals surface area contributed by atoms with Crippen LogP contribution in [0, 0.1) is 6.42 Å². The third-order valence-electron chi connectivity index (χ3n) is 2.36. The van der Waals surface area contributed by atoms with Gasteiger partial charge in [-0.15, -0.1) is 6.54 Å². The molecule has 0 spiro atoms. The minimum Gasteiger partial charge on any atom is -0.337 e. The third-order valence-corrected chi connectivity index (χ3v) is 2.36. The summed E-state index contributed by atoms with van der Waals surface area (Å²) in [7, 11) is 0. The van der Waals surface area contributed by atoms with Crippen molar-refractivity contribution in [3.05, 3.63) is 6.42 Å². The molecule has 0 bridgehead atoms. The van der Waals surface area contributed by atoms with Crippen LogP contribution in [-0.4, -0.2) is 17.9 Å². The van der Waals surface area contributed by atoms with E-state index in [0.717, 1.165) is 19.4 Å². The molecule has 1 saturated heterocycles. The van der Waals surface area contributed by atoms with Crippen LogP contribution in [0.25, 0.3) is 0 Å². The Kier molecular flexibility index (Phi) is 5.00. The Morgan fingerprint density at radius 3 is 2.55 bits per heavy atom. The number of nitrogens with one attached hydrogen (secondary N) is 1. The summed E-state index contributed by atoms with van der Waals surface area (Å²) in [6.45, 7) is 4.59. The average molecular weight is 229 g/mol. The van der Waals surface area contributed by atoms with Gasteiger partial charge in [0.15, 0.2) is 0 Å². The number of hydrogen-bond donors (Lipinski definition) is 1. The number of Topliss-reactive ketones (excluding diaryl/α,β-unsaturated/α-hetero) is 1. The van der Waals surface area contributed by atoms with E-state index in [1.54, 1.807) is 6.92 Å². The molecule has 1 atom stereocenters. The maximum absolute atomic E-state index is 11.1. The van der Waals surface area contributed by atoms with Crippen molar-refractivity contribution in [2.24, 2.45) is 0 Å². The van der Waals surface area contributed by atoms with E-state index >= 15 is 0 Å². The van der Waals surface area contributed by atoms with Crippen molar-refractivity contribution in [2.75, 3.05) is 6.54 Å². The van der Waals surface area contributed by atoms with Crippen molar-refractivity contribution in [1.29, 1.82) is 0 Å². The Morgan fingerprint density at radius 1 is 1.73 bits per heavy atom. The van der Waals surface area contributed by atoms with Crippen LogP contribution in [0.5, 0.6) is 0 Å². The fraction of sp³-hybridized carbons (Fsp3) is 0.750. The van der Waals surface area contributed by atoms with Gasteiger partial charge in [0.1, 0.15) is 5.78 Å². The van der Waals surface area contributed by atoms with Gasteiger partial charge in [0.25, 0.3) is 0 Å². The van der Waals surface area contributed by atoms with Crippen molar-refractivity contribution < 1.29 is 37.5 Å². The van der Waals surface area contributed by atoms with E-state index in [2.05, 4.69) is 11.7 Å². The number of carbonyl (C=O) groups is 1. The number of carbonyl (C=O) groups excluding carboxylic acids is 1. The monoisotopic (exact) mass is 229 g/mol. The third kappa shape index (κ3) is 2.33. The van der Waals surface area contributed by atoms with Gasteiger partial charge < -0.3 is 11.7 Å². The molecule has 0 aromatic rings. The number of ketones is 1. The van der Waals surface area contributed by atoms with E-state index in [9.17, 15) is 4.79 Å². The van der Waals surface area contributed by atoms with Crippen LogP contribution in [0.4, 0.5) is 0 Å². The topological polar surface area (TPSA) is 29.1 Å². The molecule has 2 nitrogen and oxygen atoms in total. The first kappa shape index (κ1) is 11.7. The van der Waals surface area contributed by atoms with Crippen LogP contribution in [0.2, 0.25) is 0 Å². The van der Waals surface area contributed by atoms with Crippen LogP contribution in [0.15, 0.2) is 0 Å². The first-order chi connectivity index (χ1) is 4.71. The molecule has 0 amide bonds. The number of hydrogen-bond acceptors (Lipinski definition) is 2. The summed E-state index contributed by atoms with van der Waals surface area (Å²) in [5, 5.41) is 3.21. The Balaban J connectivity index is 0.000001000. The Labute approximate surface area is 93.4 Å². The summed E-state index contributed by atoms with van der Waals surface area (Å²) < 4.78 is 0. The SMILES string of the molecule is CCC1(C(C)=O)C[CH-]CN1.[Y]. The van der Waals surface area contributed by atoms with Crippen LogP contribution >= 0.6 is 0 Å². The largest absolute Gasteiger partial charge is 0.337 e.